The maximum absolute atomic E-state index is 14.9. The van der Waals surface area contributed by atoms with Crippen molar-refractivity contribution >= 4 is 22.7 Å². The number of hydrogen-bond donors (Lipinski definition) is 2. The van der Waals surface area contributed by atoms with Crippen LogP contribution in [0, 0.1) is 17.1 Å². The molecule has 3 N–H and O–H groups in total. The molecule has 0 atom stereocenters. The van der Waals surface area contributed by atoms with Crippen molar-refractivity contribution in [2.75, 3.05) is 11.1 Å². The number of imidazole rings is 1. The van der Waals surface area contributed by atoms with Crippen LogP contribution in [0.1, 0.15) is 30.3 Å². The van der Waals surface area contributed by atoms with Crippen molar-refractivity contribution in [1.82, 2.24) is 24.5 Å². The van der Waals surface area contributed by atoms with Gasteiger partial charge >= 0.3 is 0 Å². The van der Waals surface area contributed by atoms with Gasteiger partial charge in [-0.05, 0) is 37.1 Å². The summed E-state index contributed by atoms with van der Waals surface area (Å²) in [6.45, 7) is 0.305. The predicted molar refractivity (Wildman–Crippen MR) is 110 cm³/mol. The molecular formula is C21H17FN8. The van der Waals surface area contributed by atoms with Gasteiger partial charge in [-0.15, -0.1) is 0 Å². The van der Waals surface area contributed by atoms with Gasteiger partial charge in [0, 0.05) is 12.2 Å². The molecule has 9 heteroatoms. The van der Waals surface area contributed by atoms with Gasteiger partial charge in [0.05, 0.1) is 28.8 Å². The van der Waals surface area contributed by atoms with E-state index in [1.807, 2.05) is 12.1 Å². The van der Waals surface area contributed by atoms with Crippen molar-refractivity contribution < 1.29 is 4.39 Å². The first-order valence-corrected chi connectivity index (χ1v) is 9.52. The minimum absolute atomic E-state index is 0.116. The summed E-state index contributed by atoms with van der Waals surface area (Å²) in [4.78, 5) is 17.1. The molecule has 4 aromatic rings. The maximum Gasteiger partial charge on any atom is 0.149 e. The summed E-state index contributed by atoms with van der Waals surface area (Å²) in [6, 6.07) is 10.8. The van der Waals surface area contributed by atoms with E-state index in [1.54, 1.807) is 24.4 Å². The largest absolute Gasteiger partial charge is 0.382 e. The van der Waals surface area contributed by atoms with Crippen LogP contribution in [0.3, 0.4) is 0 Å². The topological polar surface area (TPSA) is 118 Å². The van der Waals surface area contributed by atoms with Crippen LogP contribution in [0.25, 0.3) is 22.3 Å². The number of aromatic nitrogens is 5. The highest BCUT2D eigenvalue weighted by Crippen LogP contribution is 2.42. The second kappa shape index (κ2) is 7.08. The summed E-state index contributed by atoms with van der Waals surface area (Å²) >= 11 is 0. The second-order valence-electron chi connectivity index (χ2n) is 7.08. The van der Waals surface area contributed by atoms with Gasteiger partial charge in [-0.1, -0.05) is 6.07 Å². The number of benzene rings is 1. The Bertz CT molecular complexity index is 1290. The van der Waals surface area contributed by atoms with E-state index in [0.29, 0.717) is 29.1 Å². The van der Waals surface area contributed by atoms with Crippen molar-refractivity contribution in [3.8, 4) is 17.3 Å². The van der Waals surface area contributed by atoms with Crippen LogP contribution in [0.4, 0.5) is 16.0 Å². The molecule has 1 aliphatic rings. The third-order valence-electron chi connectivity index (χ3n) is 5.11. The third-order valence-corrected chi connectivity index (χ3v) is 5.11. The number of halogens is 1. The zero-order valence-electron chi connectivity index (χ0n) is 15.9. The number of nitriles is 1. The van der Waals surface area contributed by atoms with Crippen molar-refractivity contribution in [2.45, 2.75) is 25.4 Å². The van der Waals surface area contributed by atoms with E-state index in [1.165, 1.54) is 12.4 Å². The van der Waals surface area contributed by atoms with Gasteiger partial charge in [-0.25, -0.2) is 19.3 Å². The normalized spacial score (nSPS) is 13.3. The molecule has 0 radical (unpaired) electrons. The van der Waals surface area contributed by atoms with E-state index >= 15 is 0 Å². The quantitative estimate of drug-likeness (QED) is 0.527. The number of pyridine rings is 1. The molecule has 1 aromatic carbocycles. The Balaban J connectivity index is 1.62. The Labute approximate surface area is 171 Å². The van der Waals surface area contributed by atoms with Crippen molar-refractivity contribution in [1.29, 1.82) is 5.26 Å². The summed E-state index contributed by atoms with van der Waals surface area (Å²) < 4.78 is 17.0. The van der Waals surface area contributed by atoms with Gasteiger partial charge in [0.2, 0.25) is 0 Å². The lowest BCUT2D eigenvalue weighted by Gasteiger charge is -2.12. The van der Waals surface area contributed by atoms with Gasteiger partial charge in [-0.3, -0.25) is 4.98 Å². The van der Waals surface area contributed by atoms with Gasteiger partial charge in [-0.2, -0.15) is 5.26 Å². The lowest BCUT2D eigenvalue weighted by Crippen LogP contribution is -2.11. The molecule has 0 spiro atoms. The van der Waals surface area contributed by atoms with E-state index in [2.05, 4.69) is 24.8 Å². The Morgan fingerprint density at radius 2 is 2.07 bits per heavy atom. The molecule has 8 nitrogen and oxygen atoms in total. The fraction of sp³-hybridized carbons (Fsp3) is 0.190. The highest BCUT2D eigenvalue weighted by Gasteiger charge is 2.30. The van der Waals surface area contributed by atoms with Crippen LogP contribution in [0.5, 0.6) is 0 Å². The van der Waals surface area contributed by atoms with E-state index in [9.17, 15) is 9.65 Å². The van der Waals surface area contributed by atoms with Crippen LogP contribution in [0.2, 0.25) is 0 Å². The van der Waals surface area contributed by atoms with Crippen LogP contribution < -0.4 is 11.1 Å². The number of rotatable bonds is 5. The molecule has 3 aromatic heterocycles. The first-order valence-electron chi connectivity index (χ1n) is 9.52. The number of anilines is 2. The summed E-state index contributed by atoms with van der Waals surface area (Å²) in [5.74, 6) is 0.856. The second-order valence-corrected chi connectivity index (χ2v) is 7.08. The van der Waals surface area contributed by atoms with Crippen molar-refractivity contribution in [2.24, 2.45) is 0 Å². The van der Waals surface area contributed by atoms with Gasteiger partial charge in [0.15, 0.2) is 0 Å². The molecule has 3 heterocycles. The molecule has 0 saturated heterocycles. The summed E-state index contributed by atoms with van der Waals surface area (Å²) in [7, 11) is 0. The molecule has 30 heavy (non-hydrogen) atoms. The summed E-state index contributed by atoms with van der Waals surface area (Å²) in [5, 5.41) is 12.5. The number of fused-ring (bicyclic) bond motifs is 1. The number of nitrogens with two attached hydrogens (primary N) is 1. The molecule has 1 aliphatic carbocycles. The molecule has 1 saturated carbocycles. The Hall–Kier alpha value is -4.06. The van der Waals surface area contributed by atoms with E-state index in [4.69, 9.17) is 10.7 Å². The van der Waals surface area contributed by atoms with Crippen LogP contribution in [0.15, 0.2) is 42.9 Å². The smallest absolute Gasteiger partial charge is 0.149 e. The van der Waals surface area contributed by atoms with E-state index in [-0.39, 0.29) is 23.2 Å². The zero-order valence-corrected chi connectivity index (χ0v) is 15.9. The number of nitrogen functional groups attached to an aromatic ring is 1. The average Bonchev–Trinajstić information content (AvgIpc) is 3.53. The SMILES string of the molecule is N#Cc1c(N)ncnc1NCc1nc2ccc(F)c(-c3ccccn3)c2n1C1CC1. The van der Waals surface area contributed by atoms with Gasteiger partial charge in [0.1, 0.15) is 41.2 Å². The highest BCUT2D eigenvalue weighted by molar-refractivity contribution is 5.92. The maximum atomic E-state index is 14.9. The third kappa shape index (κ3) is 2.99. The summed E-state index contributed by atoms with van der Waals surface area (Å²) in [6.07, 6.45) is 4.95. The van der Waals surface area contributed by atoms with Gasteiger partial charge < -0.3 is 15.6 Å². The number of nitrogens with one attached hydrogen (secondary N) is 1. The number of nitrogens with zero attached hydrogens (tertiary/aromatic N) is 6. The minimum Gasteiger partial charge on any atom is -0.382 e. The minimum atomic E-state index is -0.335. The zero-order chi connectivity index (χ0) is 20.7. The molecule has 0 amide bonds. The Morgan fingerprint density at radius 3 is 2.80 bits per heavy atom. The summed E-state index contributed by atoms with van der Waals surface area (Å²) in [5.41, 5.74) is 8.40. The molecule has 1 fully saturated rings. The average molecular weight is 400 g/mol. The highest BCUT2D eigenvalue weighted by atomic mass is 19.1. The van der Waals surface area contributed by atoms with Crippen LogP contribution in [-0.2, 0) is 6.54 Å². The predicted octanol–water partition coefficient (Wildman–Crippen LogP) is 3.43. The molecule has 0 aliphatic heterocycles. The molecule has 0 bridgehead atoms. The van der Waals surface area contributed by atoms with E-state index < -0.39 is 0 Å². The lowest BCUT2D eigenvalue weighted by molar-refractivity contribution is 0.630. The molecular weight excluding hydrogens is 383 g/mol. The monoisotopic (exact) mass is 400 g/mol. The lowest BCUT2D eigenvalue weighted by atomic mass is 10.1. The molecule has 148 valence electrons. The van der Waals surface area contributed by atoms with Crippen molar-refractivity contribution in [3.63, 3.8) is 0 Å². The first-order chi connectivity index (χ1) is 14.7. The van der Waals surface area contributed by atoms with Crippen LogP contribution in [-0.4, -0.2) is 24.5 Å². The number of hydrogen-bond acceptors (Lipinski definition) is 7. The Morgan fingerprint density at radius 1 is 1.20 bits per heavy atom. The van der Waals surface area contributed by atoms with E-state index in [0.717, 1.165) is 24.2 Å². The fourth-order valence-corrected chi connectivity index (χ4v) is 3.62. The van der Waals surface area contributed by atoms with Gasteiger partial charge in [0.25, 0.3) is 0 Å². The fourth-order valence-electron chi connectivity index (χ4n) is 3.62. The standard InChI is InChI=1S/C21H17FN8/c22-14-6-7-16-19(18(14)15-3-1-2-8-25-15)30(12-4-5-12)17(29-16)10-26-21-13(9-23)20(24)27-11-28-21/h1-3,6-8,11-12H,4-5,10H2,(H3,24,26,27,28). The van der Waals surface area contributed by atoms with Crippen molar-refractivity contribution in [3.05, 3.63) is 60.1 Å². The molecule has 5 rings (SSSR count). The molecule has 0 unspecified atom stereocenters. The van der Waals surface area contributed by atoms with Crippen LogP contribution >= 0.6 is 0 Å². The first kappa shape index (κ1) is 18.0. The Kier molecular flexibility index (Phi) is 4.25.